The number of thiazole rings is 1. The molecule has 38 heavy (non-hydrogen) atoms. The van der Waals surface area contributed by atoms with Crippen LogP contribution in [0.2, 0.25) is 0 Å². The molecule has 6 nitrogen and oxygen atoms in total. The molecule has 11 heteroatoms. The number of hydrogen-bond donors (Lipinski definition) is 1. The molecular formula is C27H25F2N3O3S3. The number of nitrogens with zero attached hydrogens (tertiary/aromatic N) is 2. The molecule has 0 spiro atoms. The van der Waals surface area contributed by atoms with Crippen LogP contribution >= 0.6 is 22.7 Å². The summed E-state index contributed by atoms with van der Waals surface area (Å²) < 4.78 is 55.1. The van der Waals surface area contributed by atoms with E-state index in [1.54, 1.807) is 22.7 Å². The summed E-state index contributed by atoms with van der Waals surface area (Å²) in [6.45, 7) is 0.260. The second-order valence-electron chi connectivity index (χ2n) is 9.65. The topological polar surface area (TPSA) is 79.4 Å². The maximum Gasteiger partial charge on any atom is 0.243 e. The molecule has 4 aromatic rings. The van der Waals surface area contributed by atoms with Gasteiger partial charge < -0.3 is 5.32 Å². The molecule has 2 aromatic carbocycles. The molecule has 1 saturated heterocycles. The van der Waals surface area contributed by atoms with Crippen molar-refractivity contribution in [3.8, 4) is 10.6 Å². The number of amides is 1. The summed E-state index contributed by atoms with van der Waals surface area (Å²) in [7, 11) is -3.98. The van der Waals surface area contributed by atoms with Gasteiger partial charge in [-0.25, -0.2) is 22.2 Å². The van der Waals surface area contributed by atoms with Crippen LogP contribution in [0.5, 0.6) is 0 Å². The largest absolute Gasteiger partial charge is 0.317 e. The summed E-state index contributed by atoms with van der Waals surface area (Å²) in [5.74, 6) is -2.78. The minimum atomic E-state index is -3.98. The van der Waals surface area contributed by atoms with Gasteiger partial charge in [-0.05, 0) is 74.4 Å². The minimum Gasteiger partial charge on any atom is -0.317 e. The summed E-state index contributed by atoms with van der Waals surface area (Å²) in [6.07, 6.45) is 4.89. The van der Waals surface area contributed by atoms with Crippen molar-refractivity contribution in [3.63, 3.8) is 0 Å². The second-order valence-corrected chi connectivity index (χ2v) is 13.7. The van der Waals surface area contributed by atoms with Crippen molar-refractivity contribution >= 4 is 53.8 Å². The summed E-state index contributed by atoms with van der Waals surface area (Å²) >= 11 is 3.25. The standard InChI is InChI=1S/C27H25F2N3O3S3/c28-19-10-9-17(15-20(19)29)38(34,35)32-13-11-16(12-14-32)25(33)31-27-24(18-5-1-3-7-22(18)36-27)26-30-21-6-2-4-8-23(21)37-26/h2,4,6,8-10,15-16H,1,3,5,7,11-14H2,(H,31,33). The van der Waals surface area contributed by atoms with Gasteiger partial charge in [0.25, 0.3) is 0 Å². The molecule has 1 aliphatic carbocycles. The van der Waals surface area contributed by atoms with Gasteiger partial charge in [0.15, 0.2) is 11.6 Å². The molecule has 3 heterocycles. The molecule has 0 radical (unpaired) electrons. The Labute approximate surface area is 227 Å². The Kier molecular flexibility index (Phi) is 6.79. The average Bonchev–Trinajstić information content (AvgIpc) is 3.50. The molecular weight excluding hydrogens is 549 g/mol. The van der Waals surface area contributed by atoms with Crippen molar-refractivity contribution in [2.45, 2.75) is 43.4 Å². The first-order chi connectivity index (χ1) is 18.3. The normalized spacial score (nSPS) is 17.0. The molecule has 6 rings (SSSR count). The van der Waals surface area contributed by atoms with Gasteiger partial charge in [0.2, 0.25) is 15.9 Å². The van der Waals surface area contributed by atoms with E-state index in [4.69, 9.17) is 4.98 Å². The van der Waals surface area contributed by atoms with Gasteiger partial charge in [0.1, 0.15) is 10.0 Å². The third kappa shape index (κ3) is 4.66. The molecule has 0 atom stereocenters. The maximum absolute atomic E-state index is 13.6. The highest BCUT2D eigenvalue weighted by molar-refractivity contribution is 7.89. The number of sulfonamides is 1. The fourth-order valence-corrected chi connectivity index (χ4v) is 9.10. The quantitative estimate of drug-likeness (QED) is 0.307. The number of fused-ring (bicyclic) bond motifs is 2. The number of rotatable bonds is 5. The number of piperidine rings is 1. The number of carbonyl (C=O) groups is 1. The molecule has 1 N–H and O–H groups in total. The van der Waals surface area contributed by atoms with E-state index in [1.165, 1.54) is 14.7 Å². The van der Waals surface area contributed by atoms with Crippen molar-refractivity contribution < 1.29 is 22.0 Å². The number of anilines is 1. The Morgan fingerprint density at radius 3 is 2.53 bits per heavy atom. The predicted molar refractivity (Wildman–Crippen MR) is 146 cm³/mol. The van der Waals surface area contributed by atoms with E-state index in [-0.39, 0.29) is 29.8 Å². The number of nitrogens with one attached hydrogen (secondary N) is 1. The van der Waals surface area contributed by atoms with E-state index in [9.17, 15) is 22.0 Å². The third-order valence-corrected chi connectivity index (χ3v) is 11.4. The van der Waals surface area contributed by atoms with Crippen LogP contribution in [0.1, 0.15) is 36.1 Å². The number of thiophene rings is 1. The van der Waals surface area contributed by atoms with Crippen molar-refractivity contribution in [1.82, 2.24) is 9.29 Å². The SMILES string of the molecule is O=C(Nc1sc2c(c1-c1nc3ccccc3s1)CCCC2)C1CCN(S(=O)(=O)c2ccc(F)c(F)c2)CC1. The Balaban J connectivity index is 1.20. The molecule has 0 saturated carbocycles. The number of para-hydroxylation sites is 1. The summed E-state index contributed by atoms with van der Waals surface area (Å²) in [4.78, 5) is 19.2. The highest BCUT2D eigenvalue weighted by Gasteiger charge is 2.34. The molecule has 1 aliphatic heterocycles. The molecule has 0 unspecified atom stereocenters. The highest BCUT2D eigenvalue weighted by atomic mass is 32.2. The van der Waals surface area contributed by atoms with E-state index in [0.29, 0.717) is 18.9 Å². The summed E-state index contributed by atoms with van der Waals surface area (Å²) in [5.41, 5.74) is 3.25. The van der Waals surface area contributed by atoms with E-state index in [1.807, 2.05) is 18.2 Å². The van der Waals surface area contributed by atoms with Gasteiger partial charge >= 0.3 is 0 Å². The second kappa shape index (κ2) is 10.1. The lowest BCUT2D eigenvalue weighted by Gasteiger charge is -2.30. The average molecular weight is 574 g/mol. The van der Waals surface area contributed by atoms with Gasteiger partial charge in [-0.2, -0.15) is 4.31 Å². The molecule has 1 fully saturated rings. The minimum absolute atomic E-state index is 0.129. The van der Waals surface area contributed by atoms with Crippen LogP contribution < -0.4 is 5.32 Å². The first-order valence-electron chi connectivity index (χ1n) is 12.6. The number of carbonyl (C=O) groups excluding carboxylic acids is 1. The van der Waals surface area contributed by atoms with Crippen molar-refractivity contribution in [2.24, 2.45) is 5.92 Å². The highest BCUT2D eigenvalue weighted by Crippen LogP contribution is 2.46. The molecule has 1 amide bonds. The number of benzene rings is 2. The molecule has 0 bridgehead atoms. The zero-order valence-corrected chi connectivity index (χ0v) is 22.8. The number of aryl methyl sites for hydroxylation is 1. The van der Waals surface area contributed by atoms with Crippen LogP contribution in [0.15, 0.2) is 47.4 Å². The van der Waals surface area contributed by atoms with Crippen LogP contribution in [0.4, 0.5) is 13.8 Å². The zero-order chi connectivity index (χ0) is 26.4. The molecule has 2 aliphatic rings. The van der Waals surface area contributed by atoms with Crippen LogP contribution in [0.3, 0.4) is 0 Å². The summed E-state index contributed by atoms with van der Waals surface area (Å²) in [6, 6.07) is 10.6. The van der Waals surface area contributed by atoms with Crippen molar-refractivity contribution in [2.75, 3.05) is 18.4 Å². The molecule has 198 valence electrons. The number of halogens is 2. The van der Waals surface area contributed by atoms with Gasteiger partial charge in [-0.15, -0.1) is 22.7 Å². The fraction of sp³-hybridized carbons (Fsp3) is 0.333. The maximum atomic E-state index is 13.6. The van der Waals surface area contributed by atoms with Crippen LogP contribution in [-0.4, -0.2) is 36.7 Å². The van der Waals surface area contributed by atoms with Crippen molar-refractivity contribution in [1.29, 1.82) is 0 Å². The number of hydrogen-bond acceptors (Lipinski definition) is 6. The fourth-order valence-electron chi connectivity index (χ4n) is 5.22. The van der Waals surface area contributed by atoms with Gasteiger partial charge in [0, 0.05) is 29.4 Å². The third-order valence-electron chi connectivity index (χ3n) is 7.27. The zero-order valence-electron chi connectivity index (χ0n) is 20.4. The lowest BCUT2D eigenvalue weighted by molar-refractivity contribution is -0.120. The Hall–Kier alpha value is -2.73. The van der Waals surface area contributed by atoms with E-state index in [2.05, 4.69) is 11.4 Å². The predicted octanol–water partition coefficient (Wildman–Crippen LogP) is 6.22. The van der Waals surface area contributed by atoms with Gasteiger partial charge in [0.05, 0.1) is 15.1 Å². The van der Waals surface area contributed by atoms with Crippen LogP contribution in [-0.2, 0) is 27.7 Å². The molecule has 2 aromatic heterocycles. The summed E-state index contributed by atoms with van der Waals surface area (Å²) in [5, 5.41) is 4.89. The number of aromatic nitrogens is 1. The lowest BCUT2D eigenvalue weighted by atomic mass is 9.95. The van der Waals surface area contributed by atoms with Gasteiger partial charge in [-0.3, -0.25) is 4.79 Å². The first kappa shape index (κ1) is 25.5. The Bertz CT molecular complexity index is 1610. The smallest absolute Gasteiger partial charge is 0.243 e. The van der Waals surface area contributed by atoms with Gasteiger partial charge in [-0.1, -0.05) is 12.1 Å². The van der Waals surface area contributed by atoms with E-state index < -0.39 is 21.7 Å². The monoisotopic (exact) mass is 573 g/mol. The van der Waals surface area contributed by atoms with Crippen molar-refractivity contribution in [3.05, 3.63) is 64.5 Å². The van der Waals surface area contributed by atoms with E-state index in [0.717, 1.165) is 63.6 Å². The Morgan fingerprint density at radius 1 is 1.00 bits per heavy atom. The Morgan fingerprint density at radius 2 is 1.76 bits per heavy atom. The van der Waals surface area contributed by atoms with Crippen LogP contribution in [0, 0.1) is 17.6 Å². The van der Waals surface area contributed by atoms with Crippen LogP contribution in [0.25, 0.3) is 20.8 Å². The first-order valence-corrected chi connectivity index (χ1v) is 15.6. The van der Waals surface area contributed by atoms with E-state index >= 15 is 0 Å². The lowest BCUT2D eigenvalue weighted by Crippen LogP contribution is -2.41.